The predicted octanol–water partition coefficient (Wildman–Crippen LogP) is 2.14. The first-order valence-corrected chi connectivity index (χ1v) is 8.66. The number of ether oxygens (including phenoxy) is 2. The monoisotopic (exact) mass is 370 g/mol. The predicted molar refractivity (Wildman–Crippen MR) is 95.3 cm³/mol. The number of aromatic carboxylic acids is 1. The van der Waals surface area contributed by atoms with Crippen molar-refractivity contribution >= 4 is 17.7 Å². The van der Waals surface area contributed by atoms with Gasteiger partial charge in [0.25, 0.3) is 0 Å². The molecule has 3 aromatic rings. The van der Waals surface area contributed by atoms with Gasteiger partial charge in [0.1, 0.15) is 11.5 Å². The number of carboxylic acid groups (broad SMARTS) is 1. The molecule has 0 radical (unpaired) electrons. The Kier molecular flexibility index (Phi) is 5.43. The number of methoxy groups -OCH3 is 2. The van der Waals surface area contributed by atoms with E-state index in [0.29, 0.717) is 28.2 Å². The van der Waals surface area contributed by atoms with Gasteiger partial charge in [0.05, 0.1) is 20.2 Å². The Labute approximate surface area is 154 Å². The smallest absolute Gasteiger partial charge is 0.209 e. The summed E-state index contributed by atoms with van der Waals surface area (Å²) in [6.45, 7) is 0. The summed E-state index contributed by atoms with van der Waals surface area (Å²) in [5.74, 6) is 1.25. The van der Waals surface area contributed by atoms with Crippen molar-refractivity contribution < 1.29 is 19.4 Å². The fourth-order valence-corrected chi connectivity index (χ4v) is 3.06. The highest BCUT2D eigenvalue weighted by molar-refractivity contribution is 7.98. The van der Waals surface area contributed by atoms with Crippen LogP contribution in [-0.4, -0.2) is 35.4 Å². The normalized spacial score (nSPS) is 10.5. The van der Waals surface area contributed by atoms with Gasteiger partial charge in [-0.2, -0.15) is 0 Å². The van der Waals surface area contributed by atoms with Crippen LogP contribution < -0.4 is 14.6 Å². The van der Waals surface area contributed by atoms with Crippen LogP contribution in [0.1, 0.15) is 15.9 Å². The topological polar surface area (TPSA) is 100 Å². The van der Waals surface area contributed by atoms with Crippen molar-refractivity contribution in [1.29, 1.82) is 0 Å². The van der Waals surface area contributed by atoms with Crippen LogP contribution in [0, 0.1) is 0 Å². The molecule has 0 atom stereocenters. The lowest BCUT2D eigenvalue weighted by Gasteiger charge is -2.06. The van der Waals surface area contributed by atoms with Crippen LogP contribution in [0.4, 0.5) is 0 Å². The maximum atomic E-state index is 10.9. The third-order valence-electron chi connectivity index (χ3n) is 3.62. The second-order valence-corrected chi connectivity index (χ2v) is 6.29. The Morgan fingerprint density at radius 3 is 2.54 bits per heavy atom. The fraction of sp³-hybridized carbons (Fsp3) is 0.167. The molecule has 0 saturated heterocycles. The summed E-state index contributed by atoms with van der Waals surface area (Å²) in [7, 11) is 3.17. The molecule has 0 spiro atoms. The number of hydrogen-bond acceptors (Lipinski definition) is 7. The molecule has 26 heavy (non-hydrogen) atoms. The Morgan fingerprint density at radius 1 is 1.15 bits per heavy atom. The molecule has 7 nitrogen and oxygen atoms in total. The Bertz CT molecular complexity index is 904. The Hall–Kier alpha value is -3.00. The van der Waals surface area contributed by atoms with Crippen LogP contribution >= 0.6 is 11.8 Å². The van der Waals surface area contributed by atoms with E-state index in [1.165, 1.54) is 17.8 Å². The van der Waals surface area contributed by atoms with Gasteiger partial charge in [-0.15, -0.1) is 5.10 Å². The largest absolute Gasteiger partial charge is 0.545 e. The Morgan fingerprint density at radius 2 is 1.88 bits per heavy atom. The summed E-state index contributed by atoms with van der Waals surface area (Å²) >= 11 is 1.40. The highest BCUT2D eigenvalue weighted by Crippen LogP contribution is 2.29. The lowest BCUT2D eigenvalue weighted by Crippen LogP contribution is -2.22. The van der Waals surface area contributed by atoms with Crippen LogP contribution in [0.5, 0.6) is 11.5 Å². The van der Waals surface area contributed by atoms with Crippen molar-refractivity contribution in [2.75, 3.05) is 14.2 Å². The van der Waals surface area contributed by atoms with Crippen molar-refractivity contribution in [3.05, 3.63) is 53.6 Å². The third-order valence-corrected chi connectivity index (χ3v) is 4.54. The van der Waals surface area contributed by atoms with Crippen LogP contribution in [0.3, 0.4) is 0 Å². The Balaban J connectivity index is 1.74. The first-order chi connectivity index (χ1) is 12.6. The van der Waals surface area contributed by atoms with Crippen molar-refractivity contribution in [3.8, 4) is 22.9 Å². The molecule has 1 heterocycles. The number of carbonyl (C=O) groups is 1. The minimum Gasteiger partial charge on any atom is -0.545 e. The summed E-state index contributed by atoms with van der Waals surface area (Å²) < 4.78 is 10.5. The average Bonchev–Trinajstić information content (AvgIpc) is 3.15. The van der Waals surface area contributed by atoms with Gasteiger partial charge >= 0.3 is 0 Å². The number of aromatic amines is 1. The SMILES string of the molecule is COc1cc(OC)cc(-c2nc(SCc3cccc(C(=O)[O-])c3)n[nH]2)c1. The molecule has 134 valence electrons. The molecule has 0 saturated carbocycles. The highest BCUT2D eigenvalue weighted by atomic mass is 32.2. The van der Waals surface area contributed by atoms with Crippen LogP contribution in [0.25, 0.3) is 11.4 Å². The molecule has 0 bridgehead atoms. The fourth-order valence-electron chi connectivity index (χ4n) is 2.32. The summed E-state index contributed by atoms with van der Waals surface area (Å²) in [6.07, 6.45) is 0. The van der Waals surface area contributed by atoms with Gasteiger partial charge in [0.15, 0.2) is 5.82 Å². The van der Waals surface area contributed by atoms with E-state index in [9.17, 15) is 9.90 Å². The van der Waals surface area contributed by atoms with Crippen molar-refractivity contribution in [3.63, 3.8) is 0 Å². The van der Waals surface area contributed by atoms with E-state index in [-0.39, 0.29) is 5.56 Å². The summed E-state index contributed by atoms with van der Waals surface area (Å²) in [4.78, 5) is 15.4. The first kappa shape index (κ1) is 17.8. The molecule has 0 unspecified atom stereocenters. The molecular weight excluding hydrogens is 354 g/mol. The molecule has 2 aromatic carbocycles. The molecule has 0 amide bonds. The molecule has 1 N–H and O–H groups in total. The summed E-state index contributed by atoms with van der Waals surface area (Å²) in [5, 5.41) is 18.6. The van der Waals surface area contributed by atoms with Gasteiger partial charge in [-0.05, 0) is 29.3 Å². The van der Waals surface area contributed by atoms with E-state index >= 15 is 0 Å². The van der Waals surface area contributed by atoms with Gasteiger partial charge < -0.3 is 19.4 Å². The summed E-state index contributed by atoms with van der Waals surface area (Å²) in [5.41, 5.74) is 1.80. The quantitative estimate of drug-likeness (QED) is 0.636. The van der Waals surface area contributed by atoms with Crippen molar-refractivity contribution in [1.82, 2.24) is 15.2 Å². The first-order valence-electron chi connectivity index (χ1n) is 7.68. The highest BCUT2D eigenvalue weighted by Gasteiger charge is 2.10. The molecule has 8 heteroatoms. The maximum absolute atomic E-state index is 10.9. The average molecular weight is 370 g/mol. The number of benzene rings is 2. The number of H-pyrrole nitrogens is 1. The van der Waals surface area contributed by atoms with Crippen molar-refractivity contribution in [2.24, 2.45) is 0 Å². The number of aromatic nitrogens is 3. The minimum absolute atomic E-state index is 0.155. The van der Waals surface area contributed by atoms with Crippen LogP contribution in [0.15, 0.2) is 47.6 Å². The van der Waals surface area contributed by atoms with Gasteiger partial charge in [0.2, 0.25) is 5.16 Å². The molecule has 0 aliphatic heterocycles. The lowest BCUT2D eigenvalue weighted by molar-refractivity contribution is -0.255. The van der Waals surface area contributed by atoms with E-state index in [0.717, 1.165) is 11.1 Å². The number of nitrogens with one attached hydrogen (secondary N) is 1. The van der Waals surface area contributed by atoms with Gasteiger partial charge in [-0.3, -0.25) is 5.10 Å². The number of carbonyl (C=O) groups excluding carboxylic acids is 1. The van der Waals surface area contributed by atoms with E-state index in [1.807, 2.05) is 18.2 Å². The van der Waals surface area contributed by atoms with Crippen LogP contribution in [-0.2, 0) is 5.75 Å². The van der Waals surface area contributed by atoms with E-state index in [2.05, 4.69) is 15.2 Å². The third kappa shape index (κ3) is 4.15. The van der Waals surface area contributed by atoms with Gasteiger partial charge in [-0.25, -0.2) is 4.98 Å². The second kappa shape index (κ2) is 7.92. The molecule has 0 fully saturated rings. The summed E-state index contributed by atoms with van der Waals surface area (Å²) in [6, 6.07) is 12.1. The standard InChI is InChI=1S/C18H17N3O4S/c1-24-14-7-13(8-15(9-14)25-2)16-19-18(21-20-16)26-10-11-4-3-5-12(6-11)17(22)23/h3-9H,10H2,1-2H3,(H,22,23)(H,19,20,21)/p-1. The second-order valence-electron chi connectivity index (χ2n) is 5.34. The van der Waals surface area contributed by atoms with Gasteiger partial charge in [0, 0.05) is 17.4 Å². The zero-order valence-corrected chi connectivity index (χ0v) is 15.0. The molecular formula is C18H16N3O4S-. The van der Waals surface area contributed by atoms with E-state index < -0.39 is 5.97 Å². The number of nitrogens with zero attached hydrogens (tertiary/aromatic N) is 2. The zero-order chi connectivity index (χ0) is 18.5. The number of rotatable bonds is 7. The van der Waals surface area contributed by atoms with E-state index in [1.54, 1.807) is 32.4 Å². The molecule has 0 aliphatic carbocycles. The number of hydrogen-bond donors (Lipinski definition) is 1. The molecule has 3 rings (SSSR count). The number of carboxylic acids is 1. The van der Waals surface area contributed by atoms with Crippen LogP contribution in [0.2, 0.25) is 0 Å². The lowest BCUT2D eigenvalue weighted by atomic mass is 10.1. The number of thioether (sulfide) groups is 1. The molecule has 0 aliphatic rings. The zero-order valence-electron chi connectivity index (χ0n) is 14.2. The van der Waals surface area contributed by atoms with Gasteiger partial charge in [-0.1, -0.05) is 30.0 Å². The molecule has 1 aromatic heterocycles. The maximum Gasteiger partial charge on any atom is 0.209 e. The minimum atomic E-state index is -1.19. The van der Waals surface area contributed by atoms with Crippen molar-refractivity contribution in [2.45, 2.75) is 10.9 Å². The van der Waals surface area contributed by atoms with E-state index in [4.69, 9.17) is 9.47 Å².